The quantitative estimate of drug-likeness (QED) is 0.764. The third-order valence-corrected chi connectivity index (χ3v) is 3.59. The Morgan fingerprint density at radius 2 is 1.95 bits per heavy atom. The van der Waals surface area contributed by atoms with Crippen molar-refractivity contribution in [3.05, 3.63) is 35.4 Å². The van der Waals surface area contributed by atoms with Crippen LogP contribution in [0.4, 0.5) is 0 Å². The number of hydrogen-bond donors (Lipinski definition) is 2. The van der Waals surface area contributed by atoms with Gasteiger partial charge in [0.05, 0.1) is 6.10 Å². The van der Waals surface area contributed by atoms with Crippen molar-refractivity contribution < 1.29 is 9.53 Å². The van der Waals surface area contributed by atoms with Gasteiger partial charge in [0.15, 0.2) is 0 Å². The Morgan fingerprint density at radius 1 is 1.26 bits per heavy atom. The molecule has 1 aliphatic carbocycles. The van der Waals surface area contributed by atoms with Gasteiger partial charge in [0.1, 0.15) is 0 Å². The zero-order chi connectivity index (χ0) is 13.7. The van der Waals surface area contributed by atoms with Crippen molar-refractivity contribution in [3.8, 4) is 0 Å². The SMILES string of the molecule is COC1CC(NCCNC(=O)c2ccc(C)cc2)C1. The fraction of sp³-hybridized carbons (Fsp3) is 0.533. The smallest absolute Gasteiger partial charge is 0.251 e. The molecule has 104 valence electrons. The minimum absolute atomic E-state index is 0.00909. The highest BCUT2D eigenvalue weighted by molar-refractivity contribution is 5.94. The van der Waals surface area contributed by atoms with Gasteiger partial charge < -0.3 is 15.4 Å². The summed E-state index contributed by atoms with van der Waals surface area (Å²) in [7, 11) is 1.75. The highest BCUT2D eigenvalue weighted by Crippen LogP contribution is 2.21. The average Bonchev–Trinajstić information content (AvgIpc) is 2.37. The van der Waals surface area contributed by atoms with Gasteiger partial charge in [0, 0.05) is 31.8 Å². The zero-order valence-electron chi connectivity index (χ0n) is 11.6. The number of hydrogen-bond acceptors (Lipinski definition) is 3. The molecule has 1 amide bonds. The molecular weight excluding hydrogens is 240 g/mol. The second-order valence-corrected chi connectivity index (χ2v) is 5.10. The van der Waals surface area contributed by atoms with Gasteiger partial charge in [-0.15, -0.1) is 0 Å². The Balaban J connectivity index is 1.61. The van der Waals surface area contributed by atoms with E-state index in [2.05, 4.69) is 10.6 Å². The summed E-state index contributed by atoms with van der Waals surface area (Å²) in [5.74, 6) is -0.00909. The molecule has 0 aromatic heterocycles. The molecule has 2 rings (SSSR count). The number of amides is 1. The van der Waals surface area contributed by atoms with Crippen molar-refractivity contribution >= 4 is 5.91 Å². The fourth-order valence-corrected chi connectivity index (χ4v) is 2.18. The first-order valence-corrected chi connectivity index (χ1v) is 6.80. The number of methoxy groups -OCH3 is 1. The van der Waals surface area contributed by atoms with E-state index in [0.717, 1.165) is 24.9 Å². The summed E-state index contributed by atoms with van der Waals surface area (Å²) in [4.78, 5) is 11.8. The molecular formula is C15H22N2O2. The van der Waals surface area contributed by atoms with Crippen molar-refractivity contribution in [2.75, 3.05) is 20.2 Å². The number of benzene rings is 1. The van der Waals surface area contributed by atoms with Crippen LogP contribution in [-0.2, 0) is 4.74 Å². The molecule has 0 bridgehead atoms. The molecule has 0 unspecified atom stereocenters. The van der Waals surface area contributed by atoms with Crippen LogP contribution in [0.2, 0.25) is 0 Å². The zero-order valence-corrected chi connectivity index (χ0v) is 11.6. The minimum atomic E-state index is -0.00909. The molecule has 0 aliphatic heterocycles. The van der Waals surface area contributed by atoms with E-state index in [4.69, 9.17) is 4.74 Å². The Bertz CT molecular complexity index is 411. The van der Waals surface area contributed by atoms with Crippen molar-refractivity contribution in [2.45, 2.75) is 31.9 Å². The monoisotopic (exact) mass is 262 g/mol. The van der Waals surface area contributed by atoms with E-state index in [0.29, 0.717) is 24.3 Å². The van der Waals surface area contributed by atoms with E-state index in [1.165, 1.54) is 0 Å². The van der Waals surface area contributed by atoms with Crippen LogP contribution in [0.25, 0.3) is 0 Å². The van der Waals surface area contributed by atoms with E-state index >= 15 is 0 Å². The lowest BCUT2D eigenvalue weighted by Crippen LogP contribution is -2.47. The third-order valence-electron chi connectivity index (χ3n) is 3.59. The predicted molar refractivity (Wildman–Crippen MR) is 75.3 cm³/mol. The maximum Gasteiger partial charge on any atom is 0.251 e. The summed E-state index contributed by atoms with van der Waals surface area (Å²) in [6, 6.07) is 8.15. The second-order valence-electron chi connectivity index (χ2n) is 5.10. The molecule has 0 atom stereocenters. The molecule has 19 heavy (non-hydrogen) atoms. The average molecular weight is 262 g/mol. The highest BCUT2D eigenvalue weighted by Gasteiger charge is 2.27. The van der Waals surface area contributed by atoms with Crippen molar-refractivity contribution in [1.29, 1.82) is 0 Å². The highest BCUT2D eigenvalue weighted by atomic mass is 16.5. The van der Waals surface area contributed by atoms with E-state index in [1.54, 1.807) is 7.11 Å². The van der Waals surface area contributed by atoms with Gasteiger partial charge in [-0.2, -0.15) is 0 Å². The molecule has 1 aromatic carbocycles. The van der Waals surface area contributed by atoms with Crippen LogP contribution >= 0.6 is 0 Å². The van der Waals surface area contributed by atoms with Crippen LogP contribution in [0.3, 0.4) is 0 Å². The van der Waals surface area contributed by atoms with Crippen molar-refractivity contribution in [1.82, 2.24) is 10.6 Å². The van der Waals surface area contributed by atoms with Gasteiger partial charge in [-0.3, -0.25) is 4.79 Å². The lowest BCUT2D eigenvalue weighted by molar-refractivity contribution is 0.0177. The Hall–Kier alpha value is -1.39. The first-order valence-electron chi connectivity index (χ1n) is 6.80. The maximum absolute atomic E-state index is 11.8. The van der Waals surface area contributed by atoms with E-state index in [9.17, 15) is 4.79 Å². The largest absolute Gasteiger partial charge is 0.381 e. The molecule has 0 spiro atoms. The van der Waals surface area contributed by atoms with Gasteiger partial charge in [-0.05, 0) is 31.9 Å². The van der Waals surface area contributed by atoms with E-state index in [-0.39, 0.29) is 5.91 Å². The summed E-state index contributed by atoms with van der Waals surface area (Å²) in [5, 5.41) is 6.32. The third kappa shape index (κ3) is 4.04. The van der Waals surface area contributed by atoms with Gasteiger partial charge in [-0.1, -0.05) is 17.7 Å². The Labute approximate surface area is 114 Å². The molecule has 1 saturated carbocycles. The predicted octanol–water partition coefficient (Wildman–Crippen LogP) is 1.49. The molecule has 1 aromatic rings. The van der Waals surface area contributed by atoms with Gasteiger partial charge in [0.25, 0.3) is 5.91 Å². The van der Waals surface area contributed by atoms with Crippen LogP contribution < -0.4 is 10.6 Å². The molecule has 0 heterocycles. The Morgan fingerprint density at radius 3 is 2.58 bits per heavy atom. The van der Waals surface area contributed by atoms with Crippen LogP contribution in [0.15, 0.2) is 24.3 Å². The maximum atomic E-state index is 11.8. The number of carbonyl (C=O) groups is 1. The van der Waals surface area contributed by atoms with E-state index in [1.807, 2.05) is 31.2 Å². The van der Waals surface area contributed by atoms with Gasteiger partial charge >= 0.3 is 0 Å². The van der Waals surface area contributed by atoms with Crippen LogP contribution in [0, 0.1) is 6.92 Å². The number of aryl methyl sites for hydroxylation is 1. The van der Waals surface area contributed by atoms with Crippen LogP contribution in [0.1, 0.15) is 28.8 Å². The summed E-state index contributed by atoms with van der Waals surface area (Å²) >= 11 is 0. The van der Waals surface area contributed by atoms with Crippen LogP contribution in [-0.4, -0.2) is 38.3 Å². The first-order chi connectivity index (χ1) is 9.19. The standard InChI is InChI=1S/C15H22N2O2/c1-11-3-5-12(6-4-11)15(18)17-8-7-16-13-9-14(10-13)19-2/h3-6,13-14,16H,7-10H2,1-2H3,(H,17,18). The topological polar surface area (TPSA) is 50.4 Å². The van der Waals surface area contributed by atoms with Gasteiger partial charge in [-0.25, -0.2) is 0 Å². The Kier molecular flexibility index (Phi) is 4.93. The summed E-state index contributed by atoms with van der Waals surface area (Å²) in [5.41, 5.74) is 1.88. The summed E-state index contributed by atoms with van der Waals surface area (Å²) in [6.45, 7) is 3.47. The van der Waals surface area contributed by atoms with Crippen LogP contribution in [0.5, 0.6) is 0 Å². The summed E-state index contributed by atoms with van der Waals surface area (Å²) < 4.78 is 5.22. The summed E-state index contributed by atoms with van der Waals surface area (Å²) in [6.07, 6.45) is 2.56. The van der Waals surface area contributed by atoms with Gasteiger partial charge in [0.2, 0.25) is 0 Å². The number of carbonyl (C=O) groups excluding carboxylic acids is 1. The number of ether oxygens (including phenoxy) is 1. The lowest BCUT2D eigenvalue weighted by atomic mass is 9.89. The number of nitrogens with one attached hydrogen (secondary N) is 2. The molecule has 1 aliphatic rings. The number of rotatable bonds is 6. The molecule has 4 nitrogen and oxygen atoms in total. The van der Waals surface area contributed by atoms with Crippen molar-refractivity contribution in [2.24, 2.45) is 0 Å². The molecule has 1 fully saturated rings. The molecule has 0 saturated heterocycles. The molecule has 0 radical (unpaired) electrons. The second kappa shape index (κ2) is 6.68. The van der Waals surface area contributed by atoms with E-state index < -0.39 is 0 Å². The molecule has 2 N–H and O–H groups in total. The first kappa shape index (κ1) is 14.0. The minimum Gasteiger partial charge on any atom is -0.381 e. The molecule has 4 heteroatoms. The van der Waals surface area contributed by atoms with Crippen molar-refractivity contribution in [3.63, 3.8) is 0 Å². The lowest BCUT2D eigenvalue weighted by Gasteiger charge is -2.34. The normalized spacial score (nSPS) is 21.8. The fourth-order valence-electron chi connectivity index (χ4n) is 2.18.